The van der Waals surface area contributed by atoms with Crippen LogP contribution in [-0.4, -0.2) is 51.2 Å². The van der Waals surface area contributed by atoms with Crippen molar-refractivity contribution in [3.05, 3.63) is 0 Å². The zero-order valence-corrected chi connectivity index (χ0v) is 13.2. The molecule has 2 aliphatic heterocycles. The highest BCUT2D eigenvalue weighted by Gasteiger charge is 2.41. The summed E-state index contributed by atoms with van der Waals surface area (Å²) in [6.45, 7) is 9.58. The topological polar surface area (TPSA) is 39.7 Å². The number of ether oxygens (including phenoxy) is 3. The molecule has 0 aromatic heterocycles. The lowest BCUT2D eigenvalue weighted by atomic mass is 9.78. The summed E-state index contributed by atoms with van der Waals surface area (Å²) < 4.78 is 17.3. The van der Waals surface area contributed by atoms with E-state index in [9.17, 15) is 0 Å². The summed E-state index contributed by atoms with van der Waals surface area (Å²) in [5, 5.41) is 3.68. The molecular weight excluding hydrogens is 254 g/mol. The zero-order valence-electron chi connectivity index (χ0n) is 13.2. The van der Waals surface area contributed by atoms with Crippen molar-refractivity contribution in [2.45, 2.75) is 57.6 Å². The molecule has 118 valence electrons. The number of nitrogens with one attached hydrogen (secondary N) is 1. The molecule has 4 heteroatoms. The lowest BCUT2D eigenvalue weighted by Crippen LogP contribution is -2.50. The summed E-state index contributed by atoms with van der Waals surface area (Å²) in [6, 6.07) is 0.471. The Bertz CT molecular complexity index is 253. The van der Waals surface area contributed by atoms with E-state index in [1.807, 2.05) is 0 Å². The van der Waals surface area contributed by atoms with Crippen molar-refractivity contribution in [2.75, 3.05) is 39.6 Å². The van der Waals surface area contributed by atoms with Crippen molar-refractivity contribution >= 4 is 0 Å². The molecule has 0 aliphatic carbocycles. The molecule has 2 unspecified atom stereocenters. The van der Waals surface area contributed by atoms with Gasteiger partial charge in [-0.05, 0) is 51.5 Å². The summed E-state index contributed by atoms with van der Waals surface area (Å²) in [5.41, 5.74) is 0.0829. The Labute approximate surface area is 123 Å². The van der Waals surface area contributed by atoms with Gasteiger partial charge in [0.15, 0.2) is 0 Å². The summed E-state index contributed by atoms with van der Waals surface area (Å²) in [6.07, 6.45) is 5.59. The fraction of sp³-hybridized carbons (Fsp3) is 1.00. The molecule has 0 aromatic carbocycles. The quantitative estimate of drug-likeness (QED) is 0.779. The molecule has 1 spiro atoms. The Morgan fingerprint density at radius 1 is 1.25 bits per heavy atom. The number of hydrogen-bond donors (Lipinski definition) is 1. The van der Waals surface area contributed by atoms with Crippen LogP contribution in [0.2, 0.25) is 0 Å². The van der Waals surface area contributed by atoms with Crippen LogP contribution in [0.1, 0.15) is 46.0 Å². The van der Waals surface area contributed by atoms with Crippen molar-refractivity contribution in [3.63, 3.8) is 0 Å². The normalized spacial score (nSPS) is 27.6. The molecule has 0 aromatic rings. The first-order chi connectivity index (χ1) is 9.79. The minimum Gasteiger partial charge on any atom is -0.381 e. The first-order valence-corrected chi connectivity index (χ1v) is 8.32. The summed E-state index contributed by atoms with van der Waals surface area (Å²) in [4.78, 5) is 0. The van der Waals surface area contributed by atoms with Gasteiger partial charge in [0.2, 0.25) is 0 Å². The van der Waals surface area contributed by atoms with E-state index in [0.29, 0.717) is 12.0 Å². The van der Waals surface area contributed by atoms with Gasteiger partial charge in [-0.1, -0.05) is 6.92 Å². The largest absolute Gasteiger partial charge is 0.381 e. The predicted octanol–water partition coefficient (Wildman–Crippen LogP) is 2.37. The number of rotatable bonds is 7. The van der Waals surface area contributed by atoms with E-state index >= 15 is 0 Å². The Kier molecular flexibility index (Phi) is 6.75. The van der Waals surface area contributed by atoms with E-state index in [1.165, 1.54) is 6.42 Å². The van der Waals surface area contributed by atoms with Crippen LogP contribution in [0.3, 0.4) is 0 Å². The van der Waals surface area contributed by atoms with E-state index in [4.69, 9.17) is 14.2 Å². The highest BCUT2D eigenvalue weighted by Crippen LogP contribution is 2.38. The van der Waals surface area contributed by atoms with Crippen molar-refractivity contribution in [2.24, 2.45) is 5.92 Å². The fourth-order valence-corrected chi connectivity index (χ4v) is 3.44. The Hall–Kier alpha value is -0.160. The summed E-state index contributed by atoms with van der Waals surface area (Å²) >= 11 is 0. The fourth-order valence-electron chi connectivity index (χ4n) is 3.44. The van der Waals surface area contributed by atoms with E-state index < -0.39 is 0 Å². The molecule has 2 aliphatic rings. The molecule has 2 heterocycles. The number of hydrogen-bond acceptors (Lipinski definition) is 4. The third kappa shape index (κ3) is 4.42. The van der Waals surface area contributed by atoms with E-state index in [-0.39, 0.29) is 5.60 Å². The van der Waals surface area contributed by atoms with Crippen LogP contribution >= 0.6 is 0 Å². The molecule has 4 nitrogen and oxygen atoms in total. The first-order valence-electron chi connectivity index (χ1n) is 8.32. The van der Waals surface area contributed by atoms with E-state index in [1.54, 1.807) is 0 Å². The van der Waals surface area contributed by atoms with Crippen LogP contribution in [0.15, 0.2) is 0 Å². The third-order valence-corrected chi connectivity index (χ3v) is 4.66. The van der Waals surface area contributed by atoms with Crippen molar-refractivity contribution in [1.29, 1.82) is 0 Å². The first kappa shape index (κ1) is 16.2. The highest BCUT2D eigenvalue weighted by molar-refractivity contribution is 4.92. The van der Waals surface area contributed by atoms with Gasteiger partial charge < -0.3 is 19.5 Å². The van der Waals surface area contributed by atoms with Gasteiger partial charge in [-0.3, -0.25) is 0 Å². The van der Waals surface area contributed by atoms with Crippen LogP contribution in [0.5, 0.6) is 0 Å². The third-order valence-electron chi connectivity index (χ3n) is 4.66. The second kappa shape index (κ2) is 8.32. The second-order valence-corrected chi connectivity index (χ2v) is 6.12. The molecule has 0 radical (unpaired) electrons. The molecule has 2 atom stereocenters. The highest BCUT2D eigenvalue weighted by atomic mass is 16.5. The lowest BCUT2D eigenvalue weighted by molar-refractivity contribution is -0.151. The Morgan fingerprint density at radius 3 is 2.75 bits per heavy atom. The van der Waals surface area contributed by atoms with Crippen LogP contribution in [0.25, 0.3) is 0 Å². The molecule has 2 saturated heterocycles. The summed E-state index contributed by atoms with van der Waals surface area (Å²) in [5.74, 6) is 0.667. The van der Waals surface area contributed by atoms with Gasteiger partial charge in [-0.25, -0.2) is 0 Å². The molecule has 1 N–H and O–H groups in total. The van der Waals surface area contributed by atoms with Crippen LogP contribution < -0.4 is 5.32 Å². The van der Waals surface area contributed by atoms with Gasteiger partial charge in [0.25, 0.3) is 0 Å². The molecule has 2 fully saturated rings. The maximum absolute atomic E-state index is 6.15. The second-order valence-electron chi connectivity index (χ2n) is 6.12. The van der Waals surface area contributed by atoms with Gasteiger partial charge in [0.1, 0.15) is 0 Å². The van der Waals surface area contributed by atoms with Crippen molar-refractivity contribution < 1.29 is 14.2 Å². The van der Waals surface area contributed by atoms with Gasteiger partial charge in [-0.15, -0.1) is 0 Å². The molecule has 0 bridgehead atoms. The van der Waals surface area contributed by atoms with Crippen LogP contribution in [0, 0.1) is 5.92 Å². The standard InChI is InChI=1S/C16H31NO3/c1-3-8-17-15(13-18-4-2)14-5-9-20-16(12-14)6-10-19-11-7-16/h14-15,17H,3-13H2,1-2H3. The van der Waals surface area contributed by atoms with Gasteiger partial charge in [0.05, 0.1) is 12.2 Å². The Balaban J connectivity index is 1.92. The molecule has 0 saturated carbocycles. The maximum Gasteiger partial charge on any atom is 0.0729 e. The molecule has 20 heavy (non-hydrogen) atoms. The van der Waals surface area contributed by atoms with Crippen LogP contribution in [-0.2, 0) is 14.2 Å². The predicted molar refractivity (Wildman–Crippen MR) is 80.0 cm³/mol. The maximum atomic E-state index is 6.15. The Morgan fingerprint density at radius 2 is 2.05 bits per heavy atom. The van der Waals surface area contributed by atoms with Gasteiger partial charge in [-0.2, -0.15) is 0 Å². The van der Waals surface area contributed by atoms with Crippen molar-refractivity contribution in [1.82, 2.24) is 5.32 Å². The smallest absolute Gasteiger partial charge is 0.0729 e. The minimum atomic E-state index is 0.0829. The van der Waals surface area contributed by atoms with Crippen LogP contribution in [0.4, 0.5) is 0 Å². The summed E-state index contributed by atoms with van der Waals surface area (Å²) in [7, 11) is 0. The average Bonchev–Trinajstić information content (AvgIpc) is 2.48. The SMILES string of the molecule is CCCNC(COCC)C1CCOC2(CCOCC2)C1. The monoisotopic (exact) mass is 285 g/mol. The van der Waals surface area contributed by atoms with E-state index in [0.717, 1.165) is 65.3 Å². The zero-order chi connectivity index (χ0) is 14.3. The van der Waals surface area contributed by atoms with Gasteiger partial charge >= 0.3 is 0 Å². The van der Waals surface area contributed by atoms with E-state index in [2.05, 4.69) is 19.2 Å². The van der Waals surface area contributed by atoms with Crippen molar-refractivity contribution in [3.8, 4) is 0 Å². The lowest BCUT2D eigenvalue weighted by Gasteiger charge is -2.45. The molecular formula is C16H31NO3. The minimum absolute atomic E-state index is 0.0829. The molecule has 0 amide bonds. The average molecular weight is 285 g/mol. The molecule has 2 rings (SSSR count). The van der Waals surface area contributed by atoms with Gasteiger partial charge in [0, 0.05) is 32.5 Å².